The first kappa shape index (κ1) is 18.3. The van der Waals surface area contributed by atoms with E-state index in [-0.39, 0.29) is 17.4 Å². The van der Waals surface area contributed by atoms with Crippen LogP contribution in [0.3, 0.4) is 0 Å². The molecule has 0 radical (unpaired) electrons. The second kappa shape index (κ2) is 7.50. The summed E-state index contributed by atoms with van der Waals surface area (Å²) in [5.41, 5.74) is 1.05. The number of rotatable bonds is 6. The largest absolute Gasteiger partial charge is 0.459 e. The predicted octanol–water partition coefficient (Wildman–Crippen LogP) is 3.64. The fourth-order valence-corrected chi connectivity index (χ4v) is 4.36. The molecule has 2 aliphatic rings. The molecule has 0 aromatic carbocycles. The van der Waals surface area contributed by atoms with Crippen molar-refractivity contribution in [1.29, 1.82) is 0 Å². The van der Waals surface area contributed by atoms with Crippen molar-refractivity contribution < 1.29 is 13.7 Å². The molecular formula is C21H29N3O3. The number of nitrogens with zero attached hydrogens (tertiary/aromatic N) is 2. The summed E-state index contributed by atoms with van der Waals surface area (Å²) in [6.45, 7) is 7.60. The number of hydrogen-bond donors (Lipinski definition) is 1. The van der Waals surface area contributed by atoms with Crippen LogP contribution >= 0.6 is 0 Å². The standard InChI is InChI=1S/C21H29N3O3/c1-21(2)15(12-19(21)22-20(25)18-7-6-10-26-18)11-16-13-17(27-23-16)14-24-8-4-3-5-9-24/h6-7,10,13,15,19H,3-5,8-9,11-12,14H2,1-2H3,(H,22,25)/t15-,19+/m1/s1. The van der Waals surface area contributed by atoms with Crippen molar-refractivity contribution in [3.8, 4) is 0 Å². The van der Waals surface area contributed by atoms with Crippen molar-refractivity contribution in [2.45, 2.75) is 58.5 Å². The van der Waals surface area contributed by atoms with Gasteiger partial charge in [0.05, 0.1) is 18.5 Å². The Labute approximate surface area is 160 Å². The van der Waals surface area contributed by atoms with E-state index in [9.17, 15) is 4.79 Å². The van der Waals surface area contributed by atoms with Gasteiger partial charge >= 0.3 is 0 Å². The van der Waals surface area contributed by atoms with Crippen molar-refractivity contribution in [2.75, 3.05) is 13.1 Å². The molecule has 2 fully saturated rings. The summed E-state index contributed by atoms with van der Waals surface area (Å²) in [5.74, 6) is 1.67. The summed E-state index contributed by atoms with van der Waals surface area (Å²) in [7, 11) is 0. The van der Waals surface area contributed by atoms with E-state index in [1.165, 1.54) is 25.5 Å². The zero-order valence-electron chi connectivity index (χ0n) is 16.2. The Bertz CT molecular complexity index is 759. The summed E-state index contributed by atoms with van der Waals surface area (Å²) >= 11 is 0. The van der Waals surface area contributed by atoms with Gasteiger partial charge in [0.15, 0.2) is 11.5 Å². The van der Waals surface area contributed by atoms with Gasteiger partial charge in [0.1, 0.15) is 0 Å². The molecule has 1 aliphatic carbocycles. The first-order valence-corrected chi connectivity index (χ1v) is 10.0. The summed E-state index contributed by atoms with van der Waals surface area (Å²) in [6, 6.07) is 5.69. The highest BCUT2D eigenvalue weighted by atomic mass is 16.5. The summed E-state index contributed by atoms with van der Waals surface area (Å²) in [5, 5.41) is 7.39. The molecule has 1 saturated heterocycles. The highest BCUT2D eigenvalue weighted by Gasteiger charge is 2.48. The molecule has 2 atom stereocenters. The van der Waals surface area contributed by atoms with Crippen molar-refractivity contribution in [2.24, 2.45) is 11.3 Å². The van der Waals surface area contributed by atoms with Gasteiger partial charge in [-0.2, -0.15) is 0 Å². The lowest BCUT2D eigenvalue weighted by molar-refractivity contribution is 0.0131. The van der Waals surface area contributed by atoms with Crippen molar-refractivity contribution in [3.05, 3.63) is 41.7 Å². The van der Waals surface area contributed by atoms with E-state index < -0.39 is 0 Å². The summed E-state index contributed by atoms with van der Waals surface area (Å²) in [4.78, 5) is 14.7. The van der Waals surface area contributed by atoms with Gasteiger partial charge in [-0.3, -0.25) is 9.69 Å². The van der Waals surface area contributed by atoms with Crippen LogP contribution in [0.15, 0.2) is 33.4 Å². The highest BCUT2D eigenvalue weighted by molar-refractivity contribution is 5.91. The second-order valence-corrected chi connectivity index (χ2v) is 8.58. The van der Waals surface area contributed by atoms with Gasteiger partial charge in [-0.1, -0.05) is 25.4 Å². The molecule has 2 aromatic heterocycles. The van der Waals surface area contributed by atoms with Gasteiger partial charge in [0.25, 0.3) is 5.91 Å². The average molecular weight is 371 g/mol. The molecule has 1 amide bonds. The lowest BCUT2D eigenvalue weighted by Crippen LogP contribution is -2.58. The Morgan fingerprint density at radius 2 is 2.15 bits per heavy atom. The maximum atomic E-state index is 12.2. The predicted molar refractivity (Wildman–Crippen MR) is 101 cm³/mol. The van der Waals surface area contributed by atoms with E-state index in [4.69, 9.17) is 8.94 Å². The molecule has 6 heteroatoms. The van der Waals surface area contributed by atoms with Gasteiger partial charge in [-0.05, 0) is 62.2 Å². The van der Waals surface area contributed by atoms with Gasteiger partial charge in [-0.25, -0.2) is 0 Å². The van der Waals surface area contributed by atoms with E-state index in [1.807, 2.05) is 0 Å². The van der Waals surface area contributed by atoms with Crippen LogP contribution in [0.5, 0.6) is 0 Å². The second-order valence-electron chi connectivity index (χ2n) is 8.58. The third-order valence-electron chi connectivity index (χ3n) is 6.41. The number of furan rings is 1. The third kappa shape index (κ3) is 3.95. The Morgan fingerprint density at radius 1 is 1.33 bits per heavy atom. The number of aromatic nitrogens is 1. The molecule has 1 aliphatic heterocycles. The Morgan fingerprint density at radius 3 is 2.85 bits per heavy atom. The fraction of sp³-hybridized carbons (Fsp3) is 0.619. The van der Waals surface area contributed by atoms with Crippen LogP contribution in [0.4, 0.5) is 0 Å². The molecule has 146 valence electrons. The van der Waals surface area contributed by atoms with Crippen LogP contribution in [0.1, 0.15) is 61.5 Å². The van der Waals surface area contributed by atoms with E-state index in [0.717, 1.165) is 43.9 Å². The first-order chi connectivity index (χ1) is 13.0. The van der Waals surface area contributed by atoms with Crippen LogP contribution in [0.25, 0.3) is 0 Å². The lowest BCUT2D eigenvalue weighted by atomic mass is 9.57. The molecule has 1 N–H and O–H groups in total. The van der Waals surface area contributed by atoms with E-state index in [2.05, 4.69) is 35.3 Å². The molecule has 6 nitrogen and oxygen atoms in total. The maximum Gasteiger partial charge on any atom is 0.287 e. The van der Waals surface area contributed by atoms with E-state index in [1.54, 1.807) is 12.1 Å². The number of likely N-dealkylation sites (tertiary alicyclic amines) is 1. The van der Waals surface area contributed by atoms with Gasteiger partial charge < -0.3 is 14.3 Å². The lowest BCUT2D eigenvalue weighted by Gasteiger charge is -2.52. The summed E-state index contributed by atoms with van der Waals surface area (Å²) < 4.78 is 10.8. The van der Waals surface area contributed by atoms with Gasteiger partial charge in [0, 0.05) is 12.1 Å². The van der Waals surface area contributed by atoms with Crippen molar-refractivity contribution in [3.63, 3.8) is 0 Å². The monoisotopic (exact) mass is 371 g/mol. The zero-order valence-corrected chi connectivity index (χ0v) is 16.2. The molecule has 0 spiro atoms. The van der Waals surface area contributed by atoms with Gasteiger partial charge in [0.2, 0.25) is 0 Å². The van der Waals surface area contributed by atoms with Crippen molar-refractivity contribution >= 4 is 5.91 Å². The Hall–Kier alpha value is -2.08. The smallest absolute Gasteiger partial charge is 0.287 e. The topological polar surface area (TPSA) is 71.5 Å². The quantitative estimate of drug-likeness (QED) is 0.839. The number of piperidine rings is 1. The first-order valence-electron chi connectivity index (χ1n) is 10.0. The molecule has 1 saturated carbocycles. The van der Waals surface area contributed by atoms with Crippen LogP contribution in [0, 0.1) is 11.3 Å². The van der Waals surface area contributed by atoms with Crippen LogP contribution in [0.2, 0.25) is 0 Å². The Kier molecular flexibility index (Phi) is 5.08. The SMILES string of the molecule is CC1(C)[C@H](Cc2cc(CN3CCCCC3)on2)C[C@@H]1NC(=O)c1ccco1. The minimum absolute atomic E-state index is 0.0221. The van der Waals surface area contributed by atoms with Crippen LogP contribution < -0.4 is 5.32 Å². The van der Waals surface area contributed by atoms with E-state index in [0.29, 0.717) is 11.7 Å². The highest BCUT2D eigenvalue weighted by Crippen LogP contribution is 2.47. The molecule has 3 heterocycles. The number of amides is 1. The maximum absolute atomic E-state index is 12.2. The Balaban J connectivity index is 1.29. The molecule has 2 aromatic rings. The minimum atomic E-state index is -0.137. The van der Waals surface area contributed by atoms with Crippen molar-refractivity contribution in [1.82, 2.24) is 15.4 Å². The number of hydrogen-bond acceptors (Lipinski definition) is 5. The number of carbonyl (C=O) groups is 1. The average Bonchev–Trinajstić information content (AvgIpc) is 3.34. The summed E-state index contributed by atoms with van der Waals surface area (Å²) in [6.07, 6.45) is 7.27. The molecule has 27 heavy (non-hydrogen) atoms. The van der Waals surface area contributed by atoms with Crippen LogP contribution in [-0.2, 0) is 13.0 Å². The molecular weight excluding hydrogens is 342 g/mol. The van der Waals surface area contributed by atoms with Crippen LogP contribution in [-0.4, -0.2) is 35.1 Å². The third-order valence-corrected chi connectivity index (χ3v) is 6.41. The normalized spacial score (nSPS) is 25.1. The zero-order chi connectivity index (χ0) is 18.9. The molecule has 4 rings (SSSR count). The van der Waals surface area contributed by atoms with Gasteiger partial charge in [-0.15, -0.1) is 0 Å². The number of nitrogens with one attached hydrogen (secondary N) is 1. The molecule has 0 bridgehead atoms. The fourth-order valence-electron chi connectivity index (χ4n) is 4.36. The number of carbonyl (C=O) groups excluding carboxylic acids is 1. The molecule has 0 unspecified atom stereocenters. The minimum Gasteiger partial charge on any atom is -0.459 e. The van der Waals surface area contributed by atoms with E-state index >= 15 is 0 Å².